The van der Waals surface area contributed by atoms with Gasteiger partial charge < -0.3 is 14.2 Å². The largest absolute Gasteiger partial charge is 0.462 e. The fourth-order valence-electron chi connectivity index (χ4n) is 7.47. The first kappa shape index (κ1) is 59.1. The van der Waals surface area contributed by atoms with Crippen molar-refractivity contribution in [1.29, 1.82) is 0 Å². The Bertz CT molecular complexity index is 1130. The highest BCUT2D eigenvalue weighted by molar-refractivity contribution is 5.71. The van der Waals surface area contributed by atoms with Crippen LogP contribution in [0.1, 0.15) is 258 Å². The summed E-state index contributed by atoms with van der Waals surface area (Å²) < 4.78 is 16.7. The summed E-state index contributed by atoms with van der Waals surface area (Å²) in [6, 6.07) is 0. The van der Waals surface area contributed by atoms with Gasteiger partial charge in [-0.25, -0.2) is 0 Å². The van der Waals surface area contributed by atoms with Gasteiger partial charge in [-0.1, -0.05) is 268 Å². The van der Waals surface area contributed by atoms with Crippen molar-refractivity contribution in [3.63, 3.8) is 0 Å². The molecule has 0 fully saturated rings. The number of allylic oxidation sites excluding steroid dienone is 10. The summed E-state index contributed by atoms with van der Waals surface area (Å²) in [6.07, 6.45) is 62.2. The summed E-state index contributed by atoms with van der Waals surface area (Å²) in [5.74, 6) is -0.961. The van der Waals surface area contributed by atoms with Crippen molar-refractivity contribution in [1.82, 2.24) is 0 Å². The Labute approximate surface area is 383 Å². The third-order valence-corrected chi connectivity index (χ3v) is 11.4. The van der Waals surface area contributed by atoms with Gasteiger partial charge >= 0.3 is 17.9 Å². The number of esters is 3. The van der Waals surface area contributed by atoms with Crippen LogP contribution in [-0.4, -0.2) is 37.2 Å². The van der Waals surface area contributed by atoms with Gasteiger partial charge in [-0.2, -0.15) is 0 Å². The van der Waals surface area contributed by atoms with Crippen LogP contribution in [-0.2, 0) is 28.6 Å². The first-order chi connectivity index (χ1) is 30.5. The molecule has 0 saturated carbocycles. The molecule has 0 aromatic heterocycles. The van der Waals surface area contributed by atoms with Crippen molar-refractivity contribution >= 4 is 17.9 Å². The first-order valence-electron chi connectivity index (χ1n) is 26.4. The Kier molecular flexibility index (Phi) is 48.4. The summed E-state index contributed by atoms with van der Waals surface area (Å²) in [6.45, 7) is 6.45. The fraction of sp³-hybridized carbons (Fsp3) is 0.768. The van der Waals surface area contributed by atoms with Crippen LogP contribution in [0.15, 0.2) is 60.8 Å². The zero-order valence-corrected chi connectivity index (χ0v) is 40.9. The number of carbonyl (C=O) groups excluding carboxylic acids is 3. The summed E-state index contributed by atoms with van der Waals surface area (Å²) in [7, 11) is 0. The van der Waals surface area contributed by atoms with E-state index < -0.39 is 6.10 Å². The normalized spacial score (nSPS) is 12.5. The van der Waals surface area contributed by atoms with E-state index in [1.54, 1.807) is 0 Å². The van der Waals surface area contributed by atoms with Crippen LogP contribution in [0.25, 0.3) is 0 Å². The number of hydrogen-bond donors (Lipinski definition) is 0. The lowest BCUT2D eigenvalue weighted by Gasteiger charge is -2.18. The van der Waals surface area contributed by atoms with Crippen LogP contribution in [0.4, 0.5) is 0 Å². The van der Waals surface area contributed by atoms with E-state index >= 15 is 0 Å². The van der Waals surface area contributed by atoms with Crippen molar-refractivity contribution < 1.29 is 28.6 Å². The predicted octanol–water partition coefficient (Wildman–Crippen LogP) is 17.3. The van der Waals surface area contributed by atoms with Crippen molar-refractivity contribution in [3.05, 3.63) is 60.8 Å². The van der Waals surface area contributed by atoms with E-state index in [1.165, 1.54) is 161 Å². The van der Waals surface area contributed by atoms with Gasteiger partial charge in [-0.3, -0.25) is 14.4 Å². The molecule has 0 aromatic rings. The molecule has 0 saturated heterocycles. The van der Waals surface area contributed by atoms with Gasteiger partial charge in [0.1, 0.15) is 13.2 Å². The minimum atomic E-state index is -0.798. The topological polar surface area (TPSA) is 78.9 Å². The van der Waals surface area contributed by atoms with Crippen LogP contribution in [0.3, 0.4) is 0 Å². The van der Waals surface area contributed by atoms with Crippen LogP contribution in [0, 0.1) is 0 Å². The lowest BCUT2D eigenvalue weighted by atomic mass is 10.0. The smallest absolute Gasteiger partial charge is 0.306 e. The molecule has 6 heteroatoms. The molecule has 0 amide bonds. The number of carbonyl (C=O) groups is 3. The van der Waals surface area contributed by atoms with Crippen LogP contribution in [0.5, 0.6) is 0 Å². The lowest BCUT2D eigenvalue weighted by molar-refractivity contribution is -0.167. The molecule has 0 bridgehead atoms. The highest BCUT2D eigenvalue weighted by Crippen LogP contribution is 2.16. The van der Waals surface area contributed by atoms with Crippen molar-refractivity contribution in [2.24, 2.45) is 0 Å². The average molecular weight is 867 g/mol. The van der Waals surface area contributed by atoms with Gasteiger partial charge in [-0.15, -0.1) is 0 Å². The maximum Gasteiger partial charge on any atom is 0.306 e. The van der Waals surface area contributed by atoms with E-state index in [9.17, 15) is 14.4 Å². The molecule has 0 radical (unpaired) electrons. The maximum atomic E-state index is 12.8. The van der Waals surface area contributed by atoms with Crippen molar-refractivity contribution in [2.75, 3.05) is 13.2 Å². The average Bonchev–Trinajstić information content (AvgIpc) is 3.27. The quantitative estimate of drug-likeness (QED) is 0.0262. The van der Waals surface area contributed by atoms with Crippen LogP contribution in [0.2, 0.25) is 0 Å². The summed E-state index contributed by atoms with van der Waals surface area (Å²) >= 11 is 0. The summed E-state index contributed by atoms with van der Waals surface area (Å²) in [4.78, 5) is 37.9. The number of unbranched alkanes of at least 4 members (excludes halogenated alkanes) is 30. The first-order valence-corrected chi connectivity index (χ1v) is 26.4. The van der Waals surface area contributed by atoms with Gasteiger partial charge in [0.15, 0.2) is 6.10 Å². The zero-order chi connectivity index (χ0) is 45.1. The van der Waals surface area contributed by atoms with E-state index in [-0.39, 0.29) is 37.5 Å². The Hall–Kier alpha value is -2.89. The Balaban J connectivity index is 4.41. The van der Waals surface area contributed by atoms with Gasteiger partial charge in [0.25, 0.3) is 0 Å². The van der Waals surface area contributed by atoms with Crippen molar-refractivity contribution in [3.8, 4) is 0 Å². The second-order valence-electron chi connectivity index (χ2n) is 17.5. The highest BCUT2D eigenvalue weighted by atomic mass is 16.6. The third kappa shape index (κ3) is 48.1. The molecule has 0 N–H and O–H groups in total. The molecule has 0 spiro atoms. The molecule has 1 atom stereocenters. The van der Waals surface area contributed by atoms with Gasteiger partial charge in [-0.05, 0) is 32.1 Å². The Morgan fingerprint density at radius 1 is 0.339 bits per heavy atom. The van der Waals surface area contributed by atoms with E-state index in [0.717, 1.165) is 51.4 Å². The van der Waals surface area contributed by atoms with E-state index in [0.29, 0.717) is 19.3 Å². The third-order valence-electron chi connectivity index (χ3n) is 11.4. The maximum absolute atomic E-state index is 12.8. The van der Waals surface area contributed by atoms with E-state index in [1.807, 2.05) is 54.7 Å². The van der Waals surface area contributed by atoms with Gasteiger partial charge in [0.2, 0.25) is 0 Å². The molecule has 0 aromatic carbocycles. The second-order valence-corrected chi connectivity index (χ2v) is 17.5. The minimum Gasteiger partial charge on any atom is -0.462 e. The van der Waals surface area contributed by atoms with Crippen LogP contribution < -0.4 is 0 Å². The molecule has 0 rings (SSSR count). The summed E-state index contributed by atoms with van der Waals surface area (Å²) in [5.41, 5.74) is 0. The molecule has 358 valence electrons. The van der Waals surface area contributed by atoms with Gasteiger partial charge in [0.05, 0.1) is 0 Å². The molecule has 0 heterocycles. The van der Waals surface area contributed by atoms with Crippen LogP contribution >= 0.6 is 0 Å². The second kappa shape index (κ2) is 50.8. The Morgan fingerprint density at radius 2 is 0.629 bits per heavy atom. The lowest BCUT2D eigenvalue weighted by Crippen LogP contribution is -2.30. The molecular formula is C56H98O6. The molecule has 62 heavy (non-hydrogen) atoms. The summed E-state index contributed by atoms with van der Waals surface area (Å²) in [5, 5.41) is 0. The predicted molar refractivity (Wildman–Crippen MR) is 265 cm³/mol. The molecule has 0 aliphatic carbocycles. The highest BCUT2D eigenvalue weighted by Gasteiger charge is 2.19. The SMILES string of the molecule is CC/C=C/C=C/C=C/C=C/C=C/CCCC(=O)OCC(COC(=O)CCCCCCCCCCCCCCCCCCC)OC(=O)CCCCCCCCCCCCCCCC. The standard InChI is InChI=1S/C56H98O6/c1-4-7-10-13-16-19-22-25-27-28-29-32-34-37-40-43-46-49-55(58)61-52-53(51-60-54(57)48-45-42-39-36-33-30-24-21-18-15-12-9-6-3)62-56(59)50-47-44-41-38-35-31-26-23-20-17-14-11-8-5-2/h9,12,15,18,21,24,30,33,36,39,53H,4-8,10-11,13-14,16-17,19-20,22-23,25-29,31-32,34-35,37-38,40-52H2,1-3H3/b12-9+,18-15+,24-21+,33-30+,39-36+. The monoisotopic (exact) mass is 867 g/mol. The molecule has 0 aliphatic rings. The van der Waals surface area contributed by atoms with Gasteiger partial charge in [0, 0.05) is 19.3 Å². The molecule has 0 aliphatic heterocycles. The fourth-order valence-corrected chi connectivity index (χ4v) is 7.47. The molecule has 6 nitrogen and oxygen atoms in total. The molecular weight excluding hydrogens is 769 g/mol. The Morgan fingerprint density at radius 3 is 0.984 bits per heavy atom. The van der Waals surface area contributed by atoms with E-state index in [4.69, 9.17) is 14.2 Å². The molecule has 1 unspecified atom stereocenters. The van der Waals surface area contributed by atoms with E-state index in [2.05, 4.69) is 26.8 Å². The minimum absolute atomic E-state index is 0.0930. The zero-order valence-electron chi connectivity index (χ0n) is 40.9. The number of ether oxygens (including phenoxy) is 3. The van der Waals surface area contributed by atoms with Crippen molar-refractivity contribution in [2.45, 2.75) is 264 Å². The number of hydrogen-bond acceptors (Lipinski definition) is 6. The number of rotatable bonds is 47.